The molecule has 0 aliphatic heterocycles. The molecule has 0 atom stereocenters. The van der Waals surface area contributed by atoms with Crippen molar-refractivity contribution in [3.63, 3.8) is 0 Å². The highest BCUT2D eigenvalue weighted by Gasteiger charge is 1.96. The van der Waals surface area contributed by atoms with Crippen LogP contribution in [0.25, 0.3) is 6.08 Å². The van der Waals surface area contributed by atoms with Gasteiger partial charge >= 0.3 is 0 Å². The lowest BCUT2D eigenvalue weighted by atomic mass is 10.1. The lowest BCUT2D eigenvalue weighted by molar-refractivity contribution is 0.411. The lowest BCUT2D eigenvalue weighted by Crippen LogP contribution is -1.86. The van der Waals surface area contributed by atoms with Crippen LogP contribution < -0.4 is 4.74 Å². The Balaban J connectivity index is 2.76. The topological polar surface area (TPSA) is 9.23 Å². The minimum Gasteiger partial charge on any atom is -0.496 e. The van der Waals surface area contributed by atoms with Gasteiger partial charge in [0.15, 0.2) is 0 Å². The average molecular weight is 255 g/mol. The Morgan fingerprint density at radius 2 is 2.21 bits per heavy atom. The third kappa shape index (κ3) is 3.18. The summed E-state index contributed by atoms with van der Waals surface area (Å²) in [5.74, 6) is 0.947. The van der Waals surface area contributed by atoms with E-state index in [0.29, 0.717) is 0 Å². The number of hydrogen-bond donors (Lipinski definition) is 0. The zero-order valence-electron chi connectivity index (χ0n) is 8.59. The van der Waals surface area contributed by atoms with Gasteiger partial charge in [-0.1, -0.05) is 34.1 Å². The molecule has 0 bridgehead atoms. The molecule has 1 rings (SSSR count). The molecule has 0 fully saturated rings. The fourth-order valence-corrected chi connectivity index (χ4v) is 1.55. The molecule has 0 unspecified atom stereocenters. The molecule has 0 heterocycles. The van der Waals surface area contributed by atoms with Crippen molar-refractivity contribution in [3.8, 4) is 5.75 Å². The first-order valence-electron chi connectivity index (χ1n) is 4.65. The van der Waals surface area contributed by atoms with E-state index in [0.717, 1.165) is 17.5 Å². The van der Waals surface area contributed by atoms with Gasteiger partial charge in [-0.05, 0) is 36.6 Å². The normalized spacial score (nSPS) is 10.8. The van der Waals surface area contributed by atoms with Crippen molar-refractivity contribution in [1.29, 1.82) is 0 Å². The first kappa shape index (κ1) is 11.3. The summed E-state index contributed by atoms with van der Waals surface area (Å²) in [7, 11) is 1.70. The smallest absolute Gasteiger partial charge is 0.121 e. The van der Waals surface area contributed by atoms with Gasteiger partial charge in [0, 0.05) is 5.33 Å². The summed E-state index contributed by atoms with van der Waals surface area (Å²) in [5, 5.41) is 1.01. The molecule has 14 heavy (non-hydrogen) atoms. The minimum absolute atomic E-state index is 0.947. The molecule has 1 aromatic rings. The SMILES string of the molecule is COc1ccc(C=CCCBr)cc1C. The van der Waals surface area contributed by atoms with Crippen LogP contribution in [0.2, 0.25) is 0 Å². The molecule has 0 saturated heterocycles. The van der Waals surface area contributed by atoms with Crippen LogP contribution in [-0.4, -0.2) is 12.4 Å². The van der Waals surface area contributed by atoms with E-state index in [1.165, 1.54) is 11.1 Å². The molecular formula is C12H15BrO. The van der Waals surface area contributed by atoms with Gasteiger partial charge in [0.2, 0.25) is 0 Å². The van der Waals surface area contributed by atoms with Crippen molar-refractivity contribution in [1.82, 2.24) is 0 Å². The van der Waals surface area contributed by atoms with Crippen molar-refractivity contribution >= 4 is 22.0 Å². The Labute approximate surface area is 93.9 Å². The molecular weight excluding hydrogens is 240 g/mol. The van der Waals surface area contributed by atoms with Gasteiger partial charge in [-0.25, -0.2) is 0 Å². The molecule has 0 aromatic heterocycles. The number of alkyl halides is 1. The number of methoxy groups -OCH3 is 1. The van der Waals surface area contributed by atoms with Crippen LogP contribution in [0.15, 0.2) is 24.3 Å². The summed E-state index contributed by atoms with van der Waals surface area (Å²) >= 11 is 3.39. The van der Waals surface area contributed by atoms with Crippen molar-refractivity contribution < 1.29 is 4.74 Å². The number of hydrogen-bond acceptors (Lipinski definition) is 1. The standard InChI is InChI=1S/C12H15BrO/c1-10-9-11(5-3-4-8-13)6-7-12(10)14-2/h3,5-7,9H,4,8H2,1-2H3. The highest BCUT2D eigenvalue weighted by atomic mass is 79.9. The minimum atomic E-state index is 0.947. The van der Waals surface area contributed by atoms with Crippen LogP contribution in [0.3, 0.4) is 0 Å². The summed E-state index contributed by atoms with van der Waals surface area (Å²) in [6, 6.07) is 6.20. The monoisotopic (exact) mass is 254 g/mol. The van der Waals surface area contributed by atoms with Crippen molar-refractivity contribution in [3.05, 3.63) is 35.4 Å². The molecule has 76 valence electrons. The number of benzene rings is 1. The Bertz CT molecular complexity index is 318. The molecule has 2 heteroatoms. The van der Waals surface area contributed by atoms with Crippen LogP contribution in [0.5, 0.6) is 5.75 Å². The van der Waals surface area contributed by atoms with E-state index in [4.69, 9.17) is 4.74 Å². The van der Waals surface area contributed by atoms with E-state index >= 15 is 0 Å². The molecule has 0 amide bonds. The van der Waals surface area contributed by atoms with E-state index in [1.807, 2.05) is 6.07 Å². The highest BCUT2D eigenvalue weighted by Crippen LogP contribution is 2.19. The van der Waals surface area contributed by atoms with Crippen molar-refractivity contribution in [2.45, 2.75) is 13.3 Å². The maximum Gasteiger partial charge on any atom is 0.121 e. The molecule has 0 radical (unpaired) electrons. The van der Waals surface area contributed by atoms with Crippen LogP contribution in [0.1, 0.15) is 17.5 Å². The largest absolute Gasteiger partial charge is 0.496 e. The van der Waals surface area contributed by atoms with Gasteiger partial charge in [0.1, 0.15) is 5.75 Å². The van der Waals surface area contributed by atoms with Crippen LogP contribution in [0, 0.1) is 6.92 Å². The summed E-state index contributed by atoms with van der Waals surface area (Å²) in [4.78, 5) is 0. The molecule has 0 aliphatic carbocycles. The number of ether oxygens (including phenoxy) is 1. The van der Waals surface area contributed by atoms with Gasteiger partial charge in [-0.3, -0.25) is 0 Å². The molecule has 0 spiro atoms. The Hall–Kier alpha value is -0.760. The van der Waals surface area contributed by atoms with Gasteiger partial charge in [-0.2, -0.15) is 0 Å². The summed E-state index contributed by atoms with van der Waals surface area (Å²) in [6.45, 7) is 2.06. The van der Waals surface area contributed by atoms with Gasteiger partial charge in [0.05, 0.1) is 7.11 Å². The number of halogens is 1. The Kier molecular flexibility index (Phi) is 4.74. The zero-order valence-corrected chi connectivity index (χ0v) is 10.2. The average Bonchev–Trinajstić information content (AvgIpc) is 2.18. The fourth-order valence-electron chi connectivity index (χ4n) is 1.29. The van der Waals surface area contributed by atoms with Gasteiger partial charge in [0.25, 0.3) is 0 Å². The van der Waals surface area contributed by atoms with Crippen LogP contribution >= 0.6 is 15.9 Å². The molecule has 0 N–H and O–H groups in total. The van der Waals surface area contributed by atoms with Gasteiger partial charge in [-0.15, -0.1) is 0 Å². The van der Waals surface area contributed by atoms with E-state index in [9.17, 15) is 0 Å². The predicted molar refractivity (Wildman–Crippen MR) is 65.2 cm³/mol. The number of rotatable bonds is 4. The van der Waals surface area contributed by atoms with Crippen molar-refractivity contribution in [2.75, 3.05) is 12.4 Å². The van der Waals surface area contributed by atoms with E-state index in [1.54, 1.807) is 7.11 Å². The molecule has 0 aliphatic rings. The lowest BCUT2D eigenvalue weighted by Gasteiger charge is -2.04. The summed E-state index contributed by atoms with van der Waals surface area (Å²) < 4.78 is 5.19. The van der Waals surface area contributed by atoms with E-state index in [-0.39, 0.29) is 0 Å². The fraction of sp³-hybridized carbons (Fsp3) is 0.333. The third-order valence-corrected chi connectivity index (χ3v) is 2.46. The second kappa shape index (κ2) is 5.86. The predicted octanol–water partition coefficient (Wildman–Crippen LogP) is 3.80. The summed E-state index contributed by atoms with van der Waals surface area (Å²) in [5.41, 5.74) is 2.40. The van der Waals surface area contributed by atoms with E-state index in [2.05, 4.69) is 47.1 Å². The van der Waals surface area contributed by atoms with Crippen molar-refractivity contribution in [2.24, 2.45) is 0 Å². The Morgan fingerprint density at radius 1 is 1.43 bits per heavy atom. The third-order valence-electron chi connectivity index (χ3n) is 2.00. The van der Waals surface area contributed by atoms with Crippen LogP contribution in [0.4, 0.5) is 0 Å². The maximum atomic E-state index is 5.19. The molecule has 1 aromatic carbocycles. The first-order chi connectivity index (χ1) is 6.77. The number of allylic oxidation sites excluding steroid dienone is 1. The Morgan fingerprint density at radius 3 is 2.79 bits per heavy atom. The highest BCUT2D eigenvalue weighted by molar-refractivity contribution is 9.09. The van der Waals surface area contributed by atoms with Crippen LogP contribution in [-0.2, 0) is 0 Å². The molecule has 1 nitrogen and oxygen atoms in total. The number of aryl methyl sites for hydroxylation is 1. The second-order valence-electron chi connectivity index (χ2n) is 3.11. The van der Waals surface area contributed by atoms with E-state index < -0.39 is 0 Å². The molecule has 0 saturated carbocycles. The zero-order chi connectivity index (χ0) is 10.4. The maximum absolute atomic E-state index is 5.19. The van der Waals surface area contributed by atoms with Gasteiger partial charge < -0.3 is 4.74 Å². The first-order valence-corrected chi connectivity index (χ1v) is 5.77. The quantitative estimate of drug-likeness (QED) is 0.743. The second-order valence-corrected chi connectivity index (χ2v) is 3.90. The summed E-state index contributed by atoms with van der Waals surface area (Å²) in [6.07, 6.45) is 5.36.